The van der Waals surface area contributed by atoms with E-state index in [1.807, 2.05) is 47.6 Å². The number of piperidine rings is 1. The Bertz CT molecular complexity index is 1330. The number of hydrogen-bond donors (Lipinski definition) is 2. The first kappa shape index (κ1) is 22.2. The van der Waals surface area contributed by atoms with Crippen LogP contribution in [0.3, 0.4) is 0 Å². The second-order valence-corrected chi connectivity index (χ2v) is 9.35. The van der Waals surface area contributed by atoms with Gasteiger partial charge < -0.3 is 20.1 Å². The molecule has 6 heterocycles. The van der Waals surface area contributed by atoms with Crippen molar-refractivity contribution in [3.8, 4) is 17.1 Å². The van der Waals surface area contributed by atoms with E-state index in [4.69, 9.17) is 24.7 Å². The van der Waals surface area contributed by atoms with Crippen molar-refractivity contribution >= 4 is 22.5 Å². The summed E-state index contributed by atoms with van der Waals surface area (Å²) in [7, 11) is 0. The van der Waals surface area contributed by atoms with Crippen molar-refractivity contribution in [1.29, 1.82) is 0 Å². The Morgan fingerprint density at radius 1 is 1.17 bits per heavy atom. The van der Waals surface area contributed by atoms with Gasteiger partial charge in [-0.2, -0.15) is 5.10 Å². The average molecular weight is 477 g/mol. The molecule has 184 valence electrons. The Hall–Kier alpha value is -3.24. The van der Waals surface area contributed by atoms with Crippen LogP contribution < -0.4 is 15.4 Å². The normalized spacial score (nSPS) is 21.0. The summed E-state index contributed by atoms with van der Waals surface area (Å²) in [6.07, 6.45) is 9.02. The molecule has 0 bridgehead atoms. The molecule has 2 N–H and O–H groups in total. The molecule has 0 aliphatic carbocycles. The summed E-state index contributed by atoms with van der Waals surface area (Å²) in [5.74, 6) is 1.41. The Kier molecular flexibility index (Phi) is 5.99. The molecule has 2 fully saturated rings. The van der Waals surface area contributed by atoms with Crippen LogP contribution in [0.5, 0.6) is 5.75 Å². The van der Waals surface area contributed by atoms with Crippen molar-refractivity contribution in [2.75, 3.05) is 31.6 Å². The molecule has 0 saturated carbocycles. The van der Waals surface area contributed by atoms with Crippen molar-refractivity contribution in [3.05, 3.63) is 30.1 Å². The van der Waals surface area contributed by atoms with Gasteiger partial charge in [-0.3, -0.25) is 0 Å². The lowest BCUT2D eigenvalue weighted by Crippen LogP contribution is -2.38. The number of anilines is 1. The van der Waals surface area contributed by atoms with Gasteiger partial charge in [-0.1, -0.05) is 0 Å². The minimum atomic E-state index is -0.135. The zero-order valence-corrected chi connectivity index (χ0v) is 20.3. The molecule has 2 aliphatic heterocycles. The van der Waals surface area contributed by atoms with Crippen LogP contribution in [-0.2, 0) is 4.74 Å². The maximum Gasteiger partial charge on any atom is 0.223 e. The number of hydrogen-bond acceptors (Lipinski definition) is 8. The Labute approximate surface area is 204 Å². The van der Waals surface area contributed by atoms with Crippen molar-refractivity contribution < 1.29 is 9.47 Å². The molecule has 10 nitrogen and oxygen atoms in total. The molecule has 0 amide bonds. The topological polar surface area (TPSA) is 103 Å². The highest BCUT2D eigenvalue weighted by molar-refractivity contribution is 6.03. The highest BCUT2D eigenvalue weighted by Crippen LogP contribution is 2.36. The second-order valence-electron chi connectivity index (χ2n) is 9.35. The fraction of sp³-hybridized carbons (Fsp3) is 0.520. The molecule has 2 saturated heterocycles. The third-order valence-corrected chi connectivity index (χ3v) is 6.81. The average Bonchev–Trinajstić information content (AvgIpc) is 3.44. The summed E-state index contributed by atoms with van der Waals surface area (Å²) >= 11 is 0. The van der Waals surface area contributed by atoms with Crippen LogP contribution in [0.4, 0.5) is 5.95 Å². The summed E-state index contributed by atoms with van der Waals surface area (Å²) in [4.78, 5) is 9.52. The number of aryl methyl sites for hydroxylation is 1. The predicted octanol–water partition coefficient (Wildman–Crippen LogP) is 3.71. The van der Waals surface area contributed by atoms with Gasteiger partial charge >= 0.3 is 0 Å². The fourth-order valence-corrected chi connectivity index (χ4v) is 5.05. The molecule has 6 rings (SSSR count). The third kappa shape index (κ3) is 4.21. The first-order valence-corrected chi connectivity index (χ1v) is 12.7. The molecule has 10 heteroatoms. The Morgan fingerprint density at radius 2 is 2.11 bits per heavy atom. The van der Waals surface area contributed by atoms with Crippen molar-refractivity contribution in [1.82, 2.24) is 34.7 Å². The minimum Gasteiger partial charge on any atom is -0.492 e. The molecule has 35 heavy (non-hydrogen) atoms. The zero-order valence-electron chi connectivity index (χ0n) is 20.3. The predicted molar refractivity (Wildman–Crippen MR) is 134 cm³/mol. The van der Waals surface area contributed by atoms with E-state index in [2.05, 4.69) is 15.6 Å². The van der Waals surface area contributed by atoms with Gasteiger partial charge in [-0.15, -0.1) is 5.10 Å². The molecule has 4 aromatic heterocycles. The number of fused-ring (bicyclic) bond motifs is 3. The van der Waals surface area contributed by atoms with Gasteiger partial charge in [-0.05, 0) is 70.2 Å². The first-order chi connectivity index (χ1) is 17.2. The molecule has 2 aliphatic rings. The molecule has 1 unspecified atom stereocenters. The largest absolute Gasteiger partial charge is 0.492 e. The smallest absolute Gasteiger partial charge is 0.223 e. The maximum atomic E-state index is 6.11. The van der Waals surface area contributed by atoms with E-state index in [1.54, 1.807) is 0 Å². The molecular formula is C25H32N8O2. The monoisotopic (exact) mass is 476 g/mol. The summed E-state index contributed by atoms with van der Waals surface area (Å²) in [6, 6.07) is 4.34. The highest BCUT2D eigenvalue weighted by Gasteiger charge is 2.27. The van der Waals surface area contributed by atoms with Crippen LogP contribution in [0.25, 0.3) is 27.9 Å². The minimum absolute atomic E-state index is 0.135. The van der Waals surface area contributed by atoms with E-state index >= 15 is 0 Å². The maximum absolute atomic E-state index is 6.11. The quantitative estimate of drug-likeness (QED) is 0.434. The van der Waals surface area contributed by atoms with Gasteiger partial charge in [0.15, 0.2) is 11.9 Å². The number of aromatic nitrogens is 6. The summed E-state index contributed by atoms with van der Waals surface area (Å²) in [5, 5.41) is 17.9. The van der Waals surface area contributed by atoms with Gasteiger partial charge in [0.1, 0.15) is 11.4 Å². The summed E-state index contributed by atoms with van der Waals surface area (Å²) in [6.45, 7) is 7.33. The number of rotatable bonds is 6. The fourth-order valence-electron chi connectivity index (χ4n) is 5.05. The number of pyridine rings is 1. The number of nitrogens with one attached hydrogen (secondary N) is 2. The lowest BCUT2D eigenvalue weighted by atomic mass is 10.1. The van der Waals surface area contributed by atoms with Gasteiger partial charge in [-0.25, -0.2) is 19.2 Å². The van der Waals surface area contributed by atoms with Crippen molar-refractivity contribution in [3.63, 3.8) is 0 Å². The van der Waals surface area contributed by atoms with Crippen molar-refractivity contribution in [2.45, 2.75) is 58.2 Å². The zero-order chi connectivity index (χ0) is 23.8. The summed E-state index contributed by atoms with van der Waals surface area (Å²) < 4.78 is 15.6. The highest BCUT2D eigenvalue weighted by atomic mass is 16.5. The van der Waals surface area contributed by atoms with Gasteiger partial charge in [0, 0.05) is 25.4 Å². The van der Waals surface area contributed by atoms with E-state index in [1.165, 1.54) is 0 Å². The molecule has 0 aromatic carbocycles. The van der Waals surface area contributed by atoms with Crippen molar-refractivity contribution in [2.24, 2.45) is 0 Å². The van der Waals surface area contributed by atoms with E-state index in [0.29, 0.717) is 18.6 Å². The Morgan fingerprint density at radius 3 is 2.91 bits per heavy atom. The van der Waals surface area contributed by atoms with Gasteiger partial charge in [0.05, 0.1) is 29.4 Å². The standard InChI is InChI=1S/C25H32N8O2/c1-3-34-18-9-10-19-21-23(22-16(2)13-27-25(29-22)28-17-7-6-11-26-14-17)30-33(20-8-4-5-12-35-20)24(21)31-32(19)15-18/h9-10,13,15,17,20,26H,3-8,11-12,14H2,1-2H3,(H,27,28,29)/t17-,20?/m0/s1. The SMILES string of the molecule is CCOc1ccc2c3c(-c4nc(N[C@H]5CCCNC5)ncc4C)nn(C4CCCCO4)c3nn2c1. The Balaban J connectivity index is 1.48. The number of ether oxygens (including phenoxy) is 2. The van der Waals surface area contributed by atoms with Crippen LogP contribution in [0.1, 0.15) is 50.8 Å². The van der Waals surface area contributed by atoms with Crippen LogP contribution in [0, 0.1) is 6.92 Å². The van der Waals surface area contributed by atoms with Crippen LogP contribution >= 0.6 is 0 Å². The molecular weight excluding hydrogens is 444 g/mol. The van der Waals surface area contributed by atoms with E-state index in [0.717, 1.165) is 91.1 Å². The van der Waals surface area contributed by atoms with Gasteiger partial charge in [0.2, 0.25) is 5.95 Å². The van der Waals surface area contributed by atoms with Crippen LogP contribution in [0.15, 0.2) is 24.5 Å². The van der Waals surface area contributed by atoms with E-state index in [-0.39, 0.29) is 6.23 Å². The molecule has 4 aromatic rings. The summed E-state index contributed by atoms with van der Waals surface area (Å²) in [5.41, 5.74) is 4.35. The number of nitrogens with zero attached hydrogens (tertiary/aromatic N) is 6. The lowest BCUT2D eigenvalue weighted by molar-refractivity contribution is -0.0369. The molecule has 0 radical (unpaired) electrons. The van der Waals surface area contributed by atoms with Crippen LogP contribution in [0.2, 0.25) is 0 Å². The van der Waals surface area contributed by atoms with E-state index in [9.17, 15) is 0 Å². The van der Waals surface area contributed by atoms with Gasteiger partial charge in [0.25, 0.3) is 0 Å². The van der Waals surface area contributed by atoms with E-state index < -0.39 is 0 Å². The van der Waals surface area contributed by atoms with Crippen LogP contribution in [-0.4, -0.2) is 61.7 Å². The third-order valence-electron chi connectivity index (χ3n) is 6.81. The lowest BCUT2D eigenvalue weighted by Gasteiger charge is -2.24. The molecule has 0 spiro atoms. The second kappa shape index (κ2) is 9.43. The molecule has 2 atom stereocenters. The first-order valence-electron chi connectivity index (χ1n) is 12.7.